The van der Waals surface area contributed by atoms with Crippen molar-refractivity contribution in [2.45, 2.75) is 52.4 Å². The van der Waals surface area contributed by atoms with Gasteiger partial charge in [-0.1, -0.05) is 43.3 Å². The van der Waals surface area contributed by atoms with E-state index in [1.807, 2.05) is 32.9 Å². The van der Waals surface area contributed by atoms with Crippen LogP contribution in [0, 0.1) is 0 Å². The van der Waals surface area contributed by atoms with Crippen LogP contribution in [0.1, 0.15) is 49.5 Å². The second kappa shape index (κ2) is 13.5. The van der Waals surface area contributed by atoms with Gasteiger partial charge in [0.15, 0.2) is 11.8 Å². The van der Waals surface area contributed by atoms with E-state index in [1.165, 1.54) is 0 Å². The zero-order chi connectivity index (χ0) is 22.0. The minimum Gasteiger partial charge on any atom is -0.367 e. The van der Waals surface area contributed by atoms with Gasteiger partial charge in [0.2, 0.25) is 5.89 Å². The van der Waals surface area contributed by atoms with Crippen LogP contribution in [-0.4, -0.2) is 42.0 Å². The Balaban J connectivity index is 0.00000480. The van der Waals surface area contributed by atoms with Crippen LogP contribution >= 0.6 is 24.0 Å². The van der Waals surface area contributed by atoms with Gasteiger partial charge >= 0.3 is 6.18 Å². The Morgan fingerprint density at radius 1 is 1.16 bits per heavy atom. The molecule has 1 aromatic heterocycles. The number of ether oxygens (including phenoxy) is 1. The lowest BCUT2D eigenvalue weighted by atomic mass is 10.1. The standard InChI is InChI=1S/C20H28F3N5O2.HI/c1-4-24-19(25-10-9-17-27-18(14(2)3)28-30-17)26-11-15-5-7-16(8-6-15)12-29-13-20(21,22)23;/h5-8,14H,4,9-13H2,1-3H3,(H2,24,25,26);1H. The molecule has 0 saturated carbocycles. The van der Waals surface area contributed by atoms with Crippen molar-refractivity contribution in [2.24, 2.45) is 4.99 Å². The third kappa shape index (κ3) is 10.8. The van der Waals surface area contributed by atoms with Crippen molar-refractivity contribution >= 4 is 29.9 Å². The lowest BCUT2D eigenvalue weighted by Crippen LogP contribution is -2.38. The number of aliphatic imine (C=N–C) groups is 1. The zero-order valence-electron chi connectivity index (χ0n) is 17.8. The van der Waals surface area contributed by atoms with Gasteiger partial charge in [-0.25, -0.2) is 4.99 Å². The number of hydrogen-bond donors (Lipinski definition) is 2. The lowest BCUT2D eigenvalue weighted by Gasteiger charge is -2.10. The normalized spacial score (nSPS) is 12.0. The summed E-state index contributed by atoms with van der Waals surface area (Å²) in [5.74, 6) is 2.14. The number of rotatable bonds is 10. The third-order valence-corrected chi connectivity index (χ3v) is 3.95. The molecule has 0 saturated heterocycles. The molecule has 2 N–H and O–H groups in total. The second-order valence-corrected chi connectivity index (χ2v) is 7.00. The topological polar surface area (TPSA) is 84.6 Å². The van der Waals surface area contributed by atoms with E-state index in [1.54, 1.807) is 12.1 Å². The van der Waals surface area contributed by atoms with Crippen LogP contribution in [0.5, 0.6) is 0 Å². The SMILES string of the molecule is CCNC(=NCc1ccc(COCC(F)(F)F)cc1)NCCc1nc(C(C)C)no1.I. The molecule has 0 fully saturated rings. The Morgan fingerprint density at radius 3 is 2.42 bits per heavy atom. The number of halogens is 4. The molecule has 0 spiro atoms. The molecule has 1 aromatic carbocycles. The molecule has 0 radical (unpaired) electrons. The van der Waals surface area contributed by atoms with Gasteiger partial charge in [0.25, 0.3) is 0 Å². The summed E-state index contributed by atoms with van der Waals surface area (Å²) < 4.78 is 46.2. The highest BCUT2D eigenvalue weighted by molar-refractivity contribution is 14.0. The van der Waals surface area contributed by atoms with E-state index in [0.29, 0.717) is 49.3 Å². The largest absolute Gasteiger partial charge is 0.411 e. The van der Waals surface area contributed by atoms with Crippen molar-refractivity contribution in [1.82, 2.24) is 20.8 Å². The van der Waals surface area contributed by atoms with Crippen LogP contribution in [0.4, 0.5) is 13.2 Å². The average molecular weight is 555 g/mol. The predicted octanol–water partition coefficient (Wildman–Crippen LogP) is 4.19. The van der Waals surface area contributed by atoms with Crippen LogP contribution in [-0.2, 0) is 24.3 Å². The van der Waals surface area contributed by atoms with Crippen LogP contribution < -0.4 is 10.6 Å². The molecule has 2 aromatic rings. The summed E-state index contributed by atoms with van der Waals surface area (Å²) in [5.41, 5.74) is 1.61. The molecule has 0 unspecified atom stereocenters. The van der Waals surface area contributed by atoms with Crippen LogP contribution in [0.25, 0.3) is 0 Å². The smallest absolute Gasteiger partial charge is 0.367 e. The number of aromatic nitrogens is 2. The maximum atomic E-state index is 12.1. The molecule has 0 aliphatic heterocycles. The Labute approximate surface area is 197 Å². The first-order valence-corrected chi connectivity index (χ1v) is 9.83. The van der Waals surface area contributed by atoms with E-state index in [4.69, 9.17) is 4.52 Å². The predicted molar refractivity (Wildman–Crippen MR) is 122 cm³/mol. The molecule has 11 heteroatoms. The molecular weight excluding hydrogens is 526 g/mol. The van der Waals surface area contributed by atoms with E-state index in [2.05, 4.69) is 30.5 Å². The van der Waals surface area contributed by atoms with E-state index in [0.717, 1.165) is 5.56 Å². The number of guanidine groups is 1. The Bertz CT molecular complexity index is 795. The average Bonchev–Trinajstić information content (AvgIpc) is 3.15. The maximum Gasteiger partial charge on any atom is 0.411 e. The van der Waals surface area contributed by atoms with Gasteiger partial charge in [-0.2, -0.15) is 18.2 Å². The molecule has 2 rings (SSSR count). The first kappa shape index (κ1) is 27.1. The van der Waals surface area contributed by atoms with Gasteiger partial charge in [0.1, 0.15) is 6.61 Å². The fourth-order valence-corrected chi connectivity index (χ4v) is 2.43. The van der Waals surface area contributed by atoms with E-state index in [9.17, 15) is 13.2 Å². The monoisotopic (exact) mass is 555 g/mol. The molecule has 0 aliphatic rings. The summed E-state index contributed by atoms with van der Waals surface area (Å²) in [6.45, 7) is 6.37. The van der Waals surface area contributed by atoms with Gasteiger partial charge in [-0.05, 0) is 18.1 Å². The fraction of sp³-hybridized carbons (Fsp3) is 0.550. The van der Waals surface area contributed by atoms with Gasteiger partial charge in [-0.3, -0.25) is 0 Å². The zero-order valence-corrected chi connectivity index (χ0v) is 20.2. The summed E-state index contributed by atoms with van der Waals surface area (Å²) >= 11 is 0. The summed E-state index contributed by atoms with van der Waals surface area (Å²) in [4.78, 5) is 8.86. The van der Waals surface area contributed by atoms with Crippen molar-refractivity contribution < 1.29 is 22.4 Å². The highest BCUT2D eigenvalue weighted by Gasteiger charge is 2.27. The maximum absolute atomic E-state index is 12.1. The summed E-state index contributed by atoms with van der Waals surface area (Å²) in [6, 6.07) is 7.13. The molecule has 7 nitrogen and oxygen atoms in total. The highest BCUT2D eigenvalue weighted by Crippen LogP contribution is 2.16. The van der Waals surface area contributed by atoms with E-state index < -0.39 is 12.8 Å². The minimum absolute atomic E-state index is 0. The van der Waals surface area contributed by atoms with Crippen LogP contribution in [0.15, 0.2) is 33.8 Å². The quantitative estimate of drug-likeness (QED) is 0.260. The van der Waals surface area contributed by atoms with Gasteiger partial charge in [-0.15, -0.1) is 24.0 Å². The van der Waals surface area contributed by atoms with E-state index in [-0.39, 0.29) is 36.5 Å². The number of hydrogen-bond acceptors (Lipinski definition) is 5. The summed E-state index contributed by atoms with van der Waals surface area (Å²) in [6.07, 6.45) is -3.73. The van der Waals surface area contributed by atoms with Crippen molar-refractivity contribution in [2.75, 3.05) is 19.7 Å². The molecule has 0 atom stereocenters. The van der Waals surface area contributed by atoms with Crippen molar-refractivity contribution in [3.8, 4) is 0 Å². The molecule has 0 bridgehead atoms. The number of nitrogens with one attached hydrogen (secondary N) is 2. The van der Waals surface area contributed by atoms with Gasteiger partial charge in [0.05, 0.1) is 13.2 Å². The first-order chi connectivity index (χ1) is 14.3. The lowest BCUT2D eigenvalue weighted by molar-refractivity contribution is -0.176. The molecule has 0 amide bonds. The number of alkyl halides is 3. The molecule has 174 valence electrons. The Morgan fingerprint density at radius 2 is 1.84 bits per heavy atom. The highest BCUT2D eigenvalue weighted by atomic mass is 127. The van der Waals surface area contributed by atoms with Crippen molar-refractivity contribution in [3.63, 3.8) is 0 Å². The minimum atomic E-state index is -4.31. The van der Waals surface area contributed by atoms with Gasteiger partial charge < -0.3 is 19.9 Å². The Hall–Kier alpha value is -1.89. The van der Waals surface area contributed by atoms with E-state index >= 15 is 0 Å². The first-order valence-electron chi connectivity index (χ1n) is 9.83. The summed E-state index contributed by atoms with van der Waals surface area (Å²) in [5, 5.41) is 10.3. The Kier molecular flexibility index (Phi) is 11.8. The fourth-order valence-electron chi connectivity index (χ4n) is 2.43. The van der Waals surface area contributed by atoms with Crippen LogP contribution in [0.3, 0.4) is 0 Å². The van der Waals surface area contributed by atoms with Gasteiger partial charge in [0, 0.05) is 25.4 Å². The molecule has 31 heavy (non-hydrogen) atoms. The number of benzene rings is 1. The van der Waals surface area contributed by atoms with Crippen molar-refractivity contribution in [1.29, 1.82) is 0 Å². The van der Waals surface area contributed by atoms with Crippen LogP contribution in [0.2, 0.25) is 0 Å². The third-order valence-electron chi connectivity index (χ3n) is 3.95. The number of nitrogens with zero attached hydrogens (tertiary/aromatic N) is 3. The molecule has 0 aliphatic carbocycles. The molecular formula is C20H29F3IN5O2. The van der Waals surface area contributed by atoms with Crippen molar-refractivity contribution in [3.05, 3.63) is 47.1 Å². The molecule has 1 heterocycles. The summed E-state index contributed by atoms with van der Waals surface area (Å²) in [7, 11) is 0. The second-order valence-electron chi connectivity index (χ2n) is 7.00.